The maximum absolute atomic E-state index is 12.7. The zero-order valence-corrected chi connectivity index (χ0v) is 21.7. The van der Waals surface area contributed by atoms with Gasteiger partial charge in [-0.2, -0.15) is 0 Å². The highest BCUT2D eigenvalue weighted by Crippen LogP contribution is 2.16. The molecule has 36 heavy (non-hydrogen) atoms. The third kappa shape index (κ3) is 7.65. The zero-order chi connectivity index (χ0) is 26.3. The molecule has 0 heterocycles. The van der Waals surface area contributed by atoms with Gasteiger partial charge in [-0.15, -0.1) is 0 Å². The molecule has 9 heteroatoms. The quantitative estimate of drug-likeness (QED) is 0.414. The van der Waals surface area contributed by atoms with Crippen molar-refractivity contribution in [3.8, 4) is 0 Å². The molecular formula is C27H29ClN2O5S. The first-order valence-corrected chi connectivity index (χ1v) is 13.5. The van der Waals surface area contributed by atoms with E-state index in [-0.39, 0.29) is 35.4 Å². The molecule has 0 unspecified atom stereocenters. The summed E-state index contributed by atoms with van der Waals surface area (Å²) < 4.78 is 23.8. The lowest BCUT2D eigenvalue weighted by Gasteiger charge is -2.21. The summed E-state index contributed by atoms with van der Waals surface area (Å²) in [6.07, 6.45) is -0.243. The van der Waals surface area contributed by atoms with Crippen molar-refractivity contribution in [3.05, 3.63) is 94.5 Å². The van der Waals surface area contributed by atoms with E-state index in [0.29, 0.717) is 28.3 Å². The third-order valence-corrected chi connectivity index (χ3v) is 7.66. The Morgan fingerprint density at radius 2 is 1.53 bits per heavy atom. The average Bonchev–Trinajstić information content (AvgIpc) is 2.85. The predicted octanol–water partition coefficient (Wildman–Crippen LogP) is 3.99. The number of hydrogen-bond acceptors (Lipinski definition) is 5. The number of amides is 2. The minimum Gasteiger partial charge on any atom is -0.391 e. The summed E-state index contributed by atoms with van der Waals surface area (Å²) in [6, 6.07) is 20.0. The largest absolute Gasteiger partial charge is 0.391 e. The highest BCUT2D eigenvalue weighted by Gasteiger charge is 2.16. The number of benzene rings is 3. The van der Waals surface area contributed by atoms with Crippen LogP contribution in [0.25, 0.3) is 0 Å². The van der Waals surface area contributed by atoms with E-state index in [2.05, 4.69) is 5.32 Å². The Balaban J connectivity index is 1.52. The number of nitrogens with zero attached hydrogens (tertiary/aromatic N) is 1. The number of sulfone groups is 1. The summed E-state index contributed by atoms with van der Waals surface area (Å²) in [5, 5.41) is 13.8. The van der Waals surface area contributed by atoms with Gasteiger partial charge in [-0.3, -0.25) is 9.59 Å². The van der Waals surface area contributed by atoms with Crippen LogP contribution >= 0.6 is 11.6 Å². The van der Waals surface area contributed by atoms with Gasteiger partial charge in [0.15, 0.2) is 9.84 Å². The first-order chi connectivity index (χ1) is 17.1. The van der Waals surface area contributed by atoms with E-state index in [1.807, 2.05) is 12.1 Å². The molecule has 7 nitrogen and oxygen atoms in total. The molecule has 2 amide bonds. The summed E-state index contributed by atoms with van der Waals surface area (Å²) >= 11 is 5.88. The van der Waals surface area contributed by atoms with Gasteiger partial charge in [0.05, 0.1) is 23.2 Å². The van der Waals surface area contributed by atoms with Crippen LogP contribution in [0.4, 0.5) is 5.69 Å². The number of aliphatic hydroxyl groups is 1. The second-order valence-electron chi connectivity index (χ2n) is 8.52. The number of rotatable bonds is 10. The Morgan fingerprint density at radius 1 is 0.944 bits per heavy atom. The highest BCUT2D eigenvalue weighted by molar-refractivity contribution is 7.91. The lowest BCUT2D eigenvalue weighted by atomic mass is 10.1. The van der Waals surface area contributed by atoms with Crippen molar-refractivity contribution in [3.63, 3.8) is 0 Å². The molecule has 3 aromatic rings. The topological polar surface area (TPSA) is 104 Å². The van der Waals surface area contributed by atoms with E-state index in [1.165, 1.54) is 17.0 Å². The smallest absolute Gasteiger partial charge is 0.253 e. The van der Waals surface area contributed by atoms with Crippen LogP contribution in [0, 0.1) is 0 Å². The van der Waals surface area contributed by atoms with Gasteiger partial charge in [-0.1, -0.05) is 42.8 Å². The van der Waals surface area contributed by atoms with Gasteiger partial charge < -0.3 is 15.3 Å². The molecule has 190 valence electrons. The number of anilines is 1. The maximum atomic E-state index is 12.7. The Hall–Kier alpha value is -3.20. The van der Waals surface area contributed by atoms with Gasteiger partial charge in [-0.05, 0) is 59.7 Å². The number of carbonyl (C=O) groups is 2. The first-order valence-electron chi connectivity index (χ1n) is 11.5. The Labute approximate surface area is 216 Å². The third-order valence-electron chi connectivity index (χ3n) is 5.66. The van der Waals surface area contributed by atoms with Gasteiger partial charge in [0.2, 0.25) is 5.91 Å². The lowest BCUT2D eigenvalue weighted by molar-refractivity contribution is -0.115. The van der Waals surface area contributed by atoms with Crippen LogP contribution in [0.2, 0.25) is 5.02 Å². The number of halogens is 1. The summed E-state index contributed by atoms with van der Waals surface area (Å²) in [5.41, 5.74) is 2.58. The van der Waals surface area contributed by atoms with Crippen LogP contribution < -0.4 is 5.32 Å². The van der Waals surface area contributed by atoms with Gasteiger partial charge in [0.25, 0.3) is 5.91 Å². The van der Waals surface area contributed by atoms with Crippen LogP contribution in [-0.2, 0) is 27.5 Å². The molecule has 3 rings (SSSR count). The molecule has 0 saturated heterocycles. The van der Waals surface area contributed by atoms with Gasteiger partial charge in [0, 0.05) is 36.3 Å². The second kappa shape index (κ2) is 12.2. The summed E-state index contributed by atoms with van der Waals surface area (Å²) in [6.45, 7) is 1.75. The molecule has 0 radical (unpaired) electrons. The molecule has 0 aliphatic heterocycles. The van der Waals surface area contributed by atoms with Crippen LogP contribution in [0.5, 0.6) is 0 Å². The number of aliphatic hydroxyl groups excluding tert-OH is 1. The van der Waals surface area contributed by atoms with E-state index < -0.39 is 15.9 Å². The van der Waals surface area contributed by atoms with Crippen molar-refractivity contribution in [1.29, 1.82) is 0 Å². The fourth-order valence-corrected chi connectivity index (χ4v) is 4.65. The maximum Gasteiger partial charge on any atom is 0.253 e. The number of nitrogens with one attached hydrogen (secondary N) is 1. The molecular weight excluding hydrogens is 500 g/mol. The standard InChI is InChI=1S/C27H29ClN2O5S/c1-3-36(34,35)25-14-6-20(7-15-25)17-26(32)29-23-12-8-21(9-13-23)27(33)30(2)18-24(31)16-19-4-10-22(28)11-5-19/h4-15,24,31H,3,16-18H2,1-2H3,(H,29,32)/t24-/m0/s1. The zero-order valence-electron chi connectivity index (χ0n) is 20.1. The van der Waals surface area contributed by atoms with Gasteiger partial charge in [0.1, 0.15) is 0 Å². The molecule has 0 aliphatic carbocycles. The van der Waals surface area contributed by atoms with Crippen LogP contribution in [0.15, 0.2) is 77.7 Å². The highest BCUT2D eigenvalue weighted by atomic mass is 35.5. The molecule has 0 aromatic heterocycles. The summed E-state index contributed by atoms with van der Waals surface area (Å²) in [4.78, 5) is 26.8. The molecule has 0 bridgehead atoms. The van der Waals surface area contributed by atoms with Gasteiger partial charge in [-0.25, -0.2) is 8.42 Å². The van der Waals surface area contributed by atoms with Crippen molar-refractivity contribution < 1.29 is 23.1 Å². The fraction of sp³-hybridized carbons (Fsp3) is 0.259. The Bertz CT molecular complexity index is 1290. The molecule has 0 spiro atoms. The van der Waals surface area contributed by atoms with Crippen molar-refractivity contribution in [2.24, 2.45) is 0 Å². The SMILES string of the molecule is CCS(=O)(=O)c1ccc(CC(=O)Nc2ccc(C(=O)N(C)C[C@@H](O)Cc3ccc(Cl)cc3)cc2)cc1. The van der Waals surface area contributed by atoms with E-state index >= 15 is 0 Å². The van der Waals surface area contributed by atoms with Crippen LogP contribution in [0.1, 0.15) is 28.4 Å². The minimum absolute atomic E-state index is 0.0190. The van der Waals surface area contributed by atoms with Crippen molar-refractivity contribution in [1.82, 2.24) is 4.90 Å². The summed E-state index contributed by atoms with van der Waals surface area (Å²) in [5.74, 6) is -0.488. The average molecular weight is 529 g/mol. The fourth-order valence-electron chi connectivity index (χ4n) is 3.64. The molecule has 1 atom stereocenters. The lowest BCUT2D eigenvalue weighted by Crippen LogP contribution is -2.35. The van der Waals surface area contributed by atoms with Crippen LogP contribution in [-0.4, -0.2) is 55.7 Å². The summed E-state index contributed by atoms with van der Waals surface area (Å²) in [7, 11) is -1.66. The molecule has 2 N–H and O–H groups in total. The predicted molar refractivity (Wildman–Crippen MR) is 141 cm³/mol. The van der Waals surface area contributed by atoms with Crippen molar-refractivity contribution in [2.45, 2.75) is 30.8 Å². The molecule has 0 saturated carbocycles. The first kappa shape index (κ1) is 27.4. The van der Waals surface area contributed by atoms with E-state index in [0.717, 1.165) is 5.56 Å². The van der Waals surface area contributed by atoms with Crippen molar-refractivity contribution in [2.75, 3.05) is 24.7 Å². The van der Waals surface area contributed by atoms with E-state index in [9.17, 15) is 23.1 Å². The molecule has 0 fully saturated rings. The monoisotopic (exact) mass is 528 g/mol. The van der Waals surface area contributed by atoms with E-state index in [4.69, 9.17) is 11.6 Å². The normalized spacial score (nSPS) is 12.1. The Kier molecular flexibility index (Phi) is 9.25. The number of likely N-dealkylation sites (N-methyl/N-ethyl adjacent to an activating group) is 1. The molecule has 0 aliphatic rings. The Morgan fingerprint density at radius 3 is 2.11 bits per heavy atom. The van der Waals surface area contributed by atoms with Gasteiger partial charge >= 0.3 is 0 Å². The minimum atomic E-state index is -3.28. The van der Waals surface area contributed by atoms with Crippen molar-refractivity contribution >= 4 is 38.9 Å². The second-order valence-corrected chi connectivity index (χ2v) is 11.2. The van der Waals surface area contributed by atoms with E-state index in [1.54, 1.807) is 62.5 Å². The number of hydrogen-bond donors (Lipinski definition) is 2. The number of carbonyl (C=O) groups excluding carboxylic acids is 2. The molecule has 3 aromatic carbocycles. The van der Waals surface area contributed by atoms with Crippen LogP contribution in [0.3, 0.4) is 0 Å².